The van der Waals surface area contributed by atoms with Gasteiger partial charge in [-0.1, -0.05) is 19.8 Å². The van der Waals surface area contributed by atoms with E-state index in [2.05, 4.69) is 17.0 Å². The molecule has 150 valence electrons. The average Bonchev–Trinajstić information content (AvgIpc) is 2.69. The van der Waals surface area contributed by atoms with Gasteiger partial charge in [-0.25, -0.2) is 8.42 Å². The minimum absolute atomic E-state index is 0.0435. The van der Waals surface area contributed by atoms with Gasteiger partial charge in [-0.05, 0) is 42.8 Å². The summed E-state index contributed by atoms with van der Waals surface area (Å²) in [5, 5.41) is 2.81. The van der Waals surface area contributed by atoms with Gasteiger partial charge in [0.1, 0.15) is 13.2 Å². The number of fused-ring (bicyclic) bond motifs is 1. The van der Waals surface area contributed by atoms with Crippen LogP contribution in [0.2, 0.25) is 0 Å². The number of amides is 1. The number of ether oxygens (including phenoxy) is 2. The first kappa shape index (κ1) is 20.0. The Balaban J connectivity index is 1.63. The van der Waals surface area contributed by atoms with Crippen molar-refractivity contribution in [2.75, 3.05) is 23.3 Å². The lowest BCUT2D eigenvalue weighted by atomic mass is 10.2. The summed E-state index contributed by atoms with van der Waals surface area (Å²) in [4.78, 5) is 11.9. The maximum atomic E-state index is 12.6. The lowest BCUT2D eigenvalue weighted by molar-refractivity contribution is -0.116. The number of unbranched alkanes of at least 4 members (excludes halogenated alkanes) is 2. The molecule has 0 fully saturated rings. The molecule has 2 aromatic carbocycles. The molecule has 0 aliphatic carbocycles. The summed E-state index contributed by atoms with van der Waals surface area (Å²) in [6.07, 6.45) is 3.42. The fourth-order valence-electron chi connectivity index (χ4n) is 2.79. The number of carbonyl (C=O) groups excluding carboxylic acids is 1. The van der Waals surface area contributed by atoms with E-state index in [4.69, 9.17) is 9.47 Å². The maximum absolute atomic E-state index is 12.6. The van der Waals surface area contributed by atoms with E-state index in [1.807, 2.05) is 0 Å². The van der Waals surface area contributed by atoms with Crippen LogP contribution in [-0.4, -0.2) is 27.5 Å². The zero-order chi connectivity index (χ0) is 20.0. The largest absolute Gasteiger partial charge is 0.486 e. The highest BCUT2D eigenvalue weighted by Gasteiger charge is 2.19. The normalized spacial score (nSPS) is 13.0. The number of anilines is 2. The van der Waals surface area contributed by atoms with Gasteiger partial charge in [0.15, 0.2) is 11.5 Å². The van der Waals surface area contributed by atoms with Gasteiger partial charge in [0.05, 0.1) is 4.90 Å². The minimum atomic E-state index is -3.77. The third-order valence-electron chi connectivity index (χ3n) is 4.25. The van der Waals surface area contributed by atoms with Crippen LogP contribution in [0.3, 0.4) is 0 Å². The van der Waals surface area contributed by atoms with Gasteiger partial charge in [0.25, 0.3) is 10.0 Å². The number of hydrogen-bond donors (Lipinski definition) is 2. The first-order valence-electron chi connectivity index (χ1n) is 9.30. The highest BCUT2D eigenvalue weighted by Crippen LogP contribution is 2.32. The molecule has 3 rings (SSSR count). The molecule has 0 spiro atoms. The predicted octanol–water partition coefficient (Wildman–Crippen LogP) is 3.78. The van der Waals surface area contributed by atoms with Crippen LogP contribution in [0.15, 0.2) is 47.4 Å². The SMILES string of the molecule is CCCCCC(=O)Nc1ccc(NS(=O)(=O)c2ccc3c(c2)OCCO3)cc1. The van der Waals surface area contributed by atoms with Crippen molar-refractivity contribution < 1.29 is 22.7 Å². The molecule has 0 unspecified atom stereocenters. The number of hydrogen-bond acceptors (Lipinski definition) is 5. The van der Waals surface area contributed by atoms with Crippen molar-refractivity contribution in [3.8, 4) is 11.5 Å². The highest BCUT2D eigenvalue weighted by molar-refractivity contribution is 7.92. The first-order chi connectivity index (χ1) is 13.5. The summed E-state index contributed by atoms with van der Waals surface area (Å²) in [7, 11) is -3.77. The van der Waals surface area contributed by atoms with Crippen LogP contribution in [-0.2, 0) is 14.8 Å². The van der Waals surface area contributed by atoms with Gasteiger partial charge in [-0.3, -0.25) is 9.52 Å². The van der Waals surface area contributed by atoms with Gasteiger partial charge in [0.2, 0.25) is 5.91 Å². The molecule has 1 heterocycles. The zero-order valence-electron chi connectivity index (χ0n) is 15.7. The highest BCUT2D eigenvalue weighted by atomic mass is 32.2. The van der Waals surface area contributed by atoms with Crippen molar-refractivity contribution in [1.29, 1.82) is 0 Å². The molecule has 7 nitrogen and oxygen atoms in total. The van der Waals surface area contributed by atoms with Crippen LogP contribution >= 0.6 is 0 Å². The van der Waals surface area contributed by atoms with Crippen LogP contribution in [0.4, 0.5) is 11.4 Å². The Bertz CT molecular complexity index is 926. The van der Waals surface area contributed by atoms with E-state index in [1.54, 1.807) is 30.3 Å². The van der Waals surface area contributed by atoms with Crippen molar-refractivity contribution in [3.05, 3.63) is 42.5 Å². The van der Waals surface area contributed by atoms with Crippen molar-refractivity contribution >= 4 is 27.3 Å². The summed E-state index contributed by atoms with van der Waals surface area (Å²) in [6.45, 7) is 2.91. The summed E-state index contributed by atoms with van der Waals surface area (Å²) < 4.78 is 38.6. The topological polar surface area (TPSA) is 93.7 Å². The van der Waals surface area contributed by atoms with Gasteiger partial charge in [0, 0.05) is 23.9 Å². The zero-order valence-corrected chi connectivity index (χ0v) is 16.6. The molecule has 0 atom stereocenters. The fourth-order valence-corrected chi connectivity index (χ4v) is 3.86. The van der Waals surface area contributed by atoms with Crippen molar-refractivity contribution in [1.82, 2.24) is 0 Å². The molecule has 0 saturated carbocycles. The second kappa shape index (κ2) is 8.97. The number of sulfonamides is 1. The molecule has 0 radical (unpaired) electrons. The molecular formula is C20H24N2O5S. The molecular weight excluding hydrogens is 380 g/mol. The summed E-state index contributed by atoms with van der Waals surface area (Å²) in [5.74, 6) is 0.901. The van der Waals surface area contributed by atoms with Gasteiger partial charge >= 0.3 is 0 Å². The van der Waals surface area contributed by atoms with E-state index < -0.39 is 10.0 Å². The Morgan fingerprint density at radius 3 is 2.36 bits per heavy atom. The van der Waals surface area contributed by atoms with Crippen molar-refractivity contribution in [2.24, 2.45) is 0 Å². The number of benzene rings is 2. The molecule has 1 aliphatic rings. The van der Waals surface area contributed by atoms with Crippen molar-refractivity contribution in [3.63, 3.8) is 0 Å². The molecule has 0 saturated heterocycles. The smallest absolute Gasteiger partial charge is 0.262 e. The lowest BCUT2D eigenvalue weighted by Gasteiger charge is -2.19. The summed E-state index contributed by atoms with van der Waals surface area (Å²) >= 11 is 0. The molecule has 0 bridgehead atoms. The number of carbonyl (C=O) groups is 1. The van der Waals surface area contributed by atoms with Crippen LogP contribution in [0.25, 0.3) is 0 Å². The Hall–Kier alpha value is -2.74. The van der Waals surface area contributed by atoms with E-state index in [9.17, 15) is 13.2 Å². The fraction of sp³-hybridized carbons (Fsp3) is 0.350. The standard InChI is InChI=1S/C20H24N2O5S/c1-2-3-4-5-20(23)21-15-6-8-16(9-7-15)22-28(24,25)17-10-11-18-19(14-17)27-13-12-26-18/h6-11,14,22H,2-5,12-13H2,1H3,(H,21,23). The average molecular weight is 404 g/mol. The third-order valence-corrected chi connectivity index (χ3v) is 5.63. The van der Waals surface area contributed by atoms with Crippen molar-refractivity contribution in [2.45, 2.75) is 37.5 Å². The van der Waals surface area contributed by atoms with E-state index in [-0.39, 0.29) is 10.8 Å². The summed E-state index contributed by atoms with van der Waals surface area (Å²) in [6, 6.07) is 11.1. The first-order valence-corrected chi connectivity index (χ1v) is 10.8. The Morgan fingerprint density at radius 2 is 1.64 bits per heavy atom. The molecule has 28 heavy (non-hydrogen) atoms. The Labute approximate surface area is 165 Å². The van der Waals surface area contributed by atoms with Gasteiger partial charge in [-0.2, -0.15) is 0 Å². The Morgan fingerprint density at radius 1 is 0.964 bits per heavy atom. The second-order valence-electron chi connectivity index (χ2n) is 6.49. The quantitative estimate of drug-likeness (QED) is 0.653. The van der Waals surface area contributed by atoms with Crippen LogP contribution in [0, 0.1) is 0 Å². The number of nitrogens with one attached hydrogen (secondary N) is 2. The van der Waals surface area contributed by atoms with Crippen LogP contribution in [0.1, 0.15) is 32.6 Å². The molecule has 0 aromatic heterocycles. The van der Waals surface area contributed by atoms with Gasteiger partial charge in [-0.15, -0.1) is 0 Å². The number of rotatable bonds is 8. The van der Waals surface area contributed by atoms with E-state index >= 15 is 0 Å². The van der Waals surface area contributed by atoms with E-state index in [1.165, 1.54) is 12.1 Å². The van der Waals surface area contributed by atoms with E-state index in [0.29, 0.717) is 42.5 Å². The van der Waals surface area contributed by atoms with Crippen LogP contribution < -0.4 is 19.5 Å². The molecule has 2 N–H and O–H groups in total. The lowest BCUT2D eigenvalue weighted by Crippen LogP contribution is -2.17. The maximum Gasteiger partial charge on any atom is 0.262 e. The van der Waals surface area contributed by atoms with E-state index in [0.717, 1.165) is 19.3 Å². The molecule has 1 aliphatic heterocycles. The predicted molar refractivity (Wildman–Crippen MR) is 107 cm³/mol. The molecule has 8 heteroatoms. The monoisotopic (exact) mass is 404 g/mol. The minimum Gasteiger partial charge on any atom is -0.486 e. The third kappa shape index (κ3) is 5.16. The summed E-state index contributed by atoms with van der Waals surface area (Å²) in [5.41, 5.74) is 1.03. The van der Waals surface area contributed by atoms with Gasteiger partial charge < -0.3 is 14.8 Å². The molecule has 1 amide bonds. The molecule has 2 aromatic rings. The second-order valence-corrected chi connectivity index (χ2v) is 8.18. The Kier molecular flexibility index (Phi) is 6.41. The van der Waals surface area contributed by atoms with Crippen LogP contribution in [0.5, 0.6) is 11.5 Å².